The Morgan fingerprint density at radius 2 is 1.93 bits per heavy atom. The number of nitrogens with one attached hydrogen (secondary N) is 2. The molecule has 142 valence electrons. The first-order valence-corrected chi connectivity index (χ1v) is 8.33. The van der Waals surface area contributed by atoms with Crippen LogP contribution in [0.4, 0.5) is 15.9 Å². The lowest BCUT2D eigenvalue weighted by atomic mass is 10.1. The van der Waals surface area contributed by atoms with E-state index in [-0.39, 0.29) is 22.8 Å². The first-order chi connectivity index (χ1) is 12.9. The van der Waals surface area contributed by atoms with Crippen LogP contribution in [-0.4, -0.2) is 15.3 Å². The van der Waals surface area contributed by atoms with E-state index < -0.39 is 22.8 Å². The van der Waals surface area contributed by atoms with Gasteiger partial charge in [-0.15, -0.1) is 0 Å². The summed E-state index contributed by atoms with van der Waals surface area (Å²) in [4.78, 5) is 39.3. The summed E-state index contributed by atoms with van der Waals surface area (Å²) in [5, 5.41) is 2.61. The molecule has 0 aliphatic carbocycles. The Morgan fingerprint density at radius 3 is 2.52 bits per heavy atom. The smallest absolute Gasteiger partial charge is 0.329 e. The van der Waals surface area contributed by atoms with Crippen LogP contribution < -0.4 is 16.6 Å². The molecule has 3 rings (SSSR count). The number of hydrogen-bond acceptors (Lipinski definition) is 5. The van der Waals surface area contributed by atoms with E-state index in [0.29, 0.717) is 5.56 Å². The third-order valence-electron chi connectivity index (χ3n) is 3.66. The predicted molar refractivity (Wildman–Crippen MR) is 100 cm³/mol. The summed E-state index contributed by atoms with van der Waals surface area (Å²) in [5.41, 5.74) is -1.19. The SMILES string of the molecule is CC.Cc1ccc(Nc2[nH]c(=O)n(C)c(=O)c2C(=O)c2ccco2)c(F)c1. The topological polar surface area (TPSA) is 97.1 Å². The molecule has 0 aliphatic rings. The minimum Gasteiger partial charge on any atom is -0.461 e. The highest BCUT2D eigenvalue weighted by atomic mass is 19.1. The van der Waals surface area contributed by atoms with Gasteiger partial charge in [-0.05, 0) is 36.8 Å². The number of aromatic amines is 1. The van der Waals surface area contributed by atoms with Crippen LogP contribution in [0, 0.1) is 12.7 Å². The minimum absolute atomic E-state index is 0.0167. The molecule has 7 nitrogen and oxygen atoms in total. The molecule has 0 spiro atoms. The van der Waals surface area contributed by atoms with Crippen molar-refractivity contribution < 1.29 is 13.6 Å². The maximum atomic E-state index is 14.1. The highest BCUT2D eigenvalue weighted by Gasteiger charge is 2.23. The molecule has 0 fully saturated rings. The number of anilines is 2. The summed E-state index contributed by atoms with van der Waals surface area (Å²) in [6.07, 6.45) is 1.29. The number of benzene rings is 1. The molecule has 8 heteroatoms. The van der Waals surface area contributed by atoms with Crippen LogP contribution in [0.15, 0.2) is 50.6 Å². The van der Waals surface area contributed by atoms with Crippen molar-refractivity contribution in [1.82, 2.24) is 9.55 Å². The number of carbonyl (C=O) groups excluding carboxylic acids is 1. The zero-order valence-electron chi connectivity index (χ0n) is 15.4. The third kappa shape index (κ3) is 4.05. The van der Waals surface area contributed by atoms with Crippen molar-refractivity contribution in [2.45, 2.75) is 20.8 Å². The molecule has 2 heterocycles. The Kier molecular flexibility index (Phi) is 6.12. The van der Waals surface area contributed by atoms with E-state index in [1.807, 2.05) is 13.8 Å². The van der Waals surface area contributed by atoms with E-state index in [2.05, 4.69) is 10.3 Å². The first kappa shape index (κ1) is 19.9. The number of hydrogen-bond donors (Lipinski definition) is 2. The van der Waals surface area contributed by atoms with E-state index in [9.17, 15) is 18.8 Å². The van der Waals surface area contributed by atoms with E-state index in [0.717, 1.165) is 4.57 Å². The summed E-state index contributed by atoms with van der Waals surface area (Å²) in [7, 11) is 1.23. The summed E-state index contributed by atoms with van der Waals surface area (Å²) < 4.78 is 19.9. The first-order valence-electron chi connectivity index (χ1n) is 8.33. The van der Waals surface area contributed by atoms with Crippen LogP contribution in [-0.2, 0) is 7.05 Å². The maximum Gasteiger partial charge on any atom is 0.329 e. The van der Waals surface area contributed by atoms with Gasteiger partial charge in [-0.25, -0.2) is 9.18 Å². The molecular formula is C19H20FN3O4. The van der Waals surface area contributed by atoms with Crippen LogP contribution >= 0.6 is 0 Å². The van der Waals surface area contributed by atoms with E-state index in [1.165, 1.54) is 37.6 Å². The van der Waals surface area contributed by atoms with Gasteiger partial charge in [0.2, 0.25) is 5.78 Å². The molecule has 2 aromatic heterocycles. The number of H-pyrrole nitrogens is 1. The predicted octanol–water partition coefficient (Wildman–Crippen LogP) is 3.11. The minimum atomic E-state index is -0.819. The third-order valence-corrected chi connectivity index (χ3v) is 3.66. The van der Waals surface area contributed by atoms with Gasteiger partial charge in [-0.2, -0.15) is 0 Å². The standard InChI is InChI=1S/C17H14FN3O4.C2H6/c1-9-5-6-11(10(18)8-9)19-15-13(14(22)12-4-3-7-25-12)16(23)21(2)17(24)20-15;1-2/h3-8,19H,1-2H3,(H,20,24);1-2H3. The Labute approximate surface area is 154 Å². The molecule has 0 amide bonds. The Morgan fingerprint density at radius 1 is 1.22 bits per heavy atom. The van der Waals surface area contributed by atoms with E-state index in [1.54, 1.807) is 13.0 Å². The van der Waals surface area contributed by atoms with E-state index in [4.69, 9.17) is 4.42 Å². The number of aryl methyl sites for hydroxylation is 1. The summed E-state index contributed by atoms with van der Waals surface area (Å²) in [6.45, 7) is 5.72. The van der Waals surface area contributed by atoms with Crippen LogP contribution in [0.3, 0.4) is 0 Å². The Balaban J connectivity index is 0.00000126. The zero-order valence-corrected chi connectivity index (χ0v) is 15.4. The molecule has 0 bridgehead atoms. The largest absolute Gasteiger partial charge is 0.461 e. The monoisotopic (exact) mass is 373 g/mol. The summed E-state index contributed by atoms with van der Waals surface area (Å²) >= 11 is 0. The molecule has 0 saturated carbocycles. The average Bonchev–Trinajstić information content (AvgIpc) is 3.18. The fourth-order valence-electron chi connectivity index (χ4n) is 2.31. The van der Waals surface area contributed by atoms with Crippen LogP contribution in [0.1, 0.15) is 35.5 Å². The lowest BCUT2D eigenvalue weighted by molar-refractivity contribution is 0.101. The fourth-order valence-corrected chi connectivity index (χ4v) is 2.31. The van der Waals surface area contributed by atoms with Gasteiger partial charge in [0.1, 0.15) is 17.2 Å². The zero-order chi connectivity index (χ0) is 20.1. The number of furan rings is 1. The Hall–Kier alpha value is -3.42. The number of nitrogens with zero attached hydrogens (tertiary/aromatic N) is 1. The molecule has 2 N–H and O–H groups in total. The van der Waals surface area contributed by atoms with Crippen molar-refractivity contribution >= 4 is 17.3 Å². The number of carbonyl (C=O) groups is 1. The molecule has 0 aliphatic heterocycles. The lowest BCUT2D eigenvalue weighted by Gasteiger charge is -2.12. The van der Waals surface area contributed by atoms with Crippen molar-refractivity contribution in [2.24, 2.45) is 7.05 Å². The molecule has 0 atom stereocenters. The van der Waals surface area contributed by atoms with E-state index >= 15 is 0 Å². The molecule has 0 unspecified atom stereocenters. The van der Waals surface area contributed by atoms with Crippen LogP contribution in [0.5, 0.6) is 0 Å². The number of ketones is 1. The van der Waals surface area contributed by atoms with Gasteiger partial charge in [0.25, 0.3) is 5.56 Å². The second-order valence-corrected chi connectivity index (χ2v) is 5.46. The highest BCUT2D eigenvalue weighted by Crippen LogP contribution is 2.21. The average molecular weight is 373 g/mol. The van der Waals surface area contributed by atoms with Crippen molar-refractivity contribution in [3.63, 3.8) is 0 Å². The number of aromatic nitrogens is 2. The Bertz CT molecular complexity index is 1070. The quantitative estimate of drug-likeness (QED) is 0.685. The van der Waals surface area contributed by atoms with Crippen LogP contribution in [0.25, 0.3) is 0 Å². The molecular weight excluding hydrogens is 353 g/mol. The molecule has 1 aromatic carbocycles. The molecule has 27 heavy (non-hydrogen) atoms. The highest BCUT2D eigenvalue weighted by molar-refractivity contribution is 6.10. The van der Waals surface area contributed by atoms with Gasteiger partial charge >= 0.3 is 5.69 Å². The fraction of sp³-hybridized carbons (Fsp3) is 0.211. The van der Waals surface area contributed by atoms with Gasteiger partial charge in [0, 0.05) is 7.05 Å². The van der Waals surface area contributed by atoms with Crippen molar-refractivity contribution in [3.05, 3.63) is 80.1 Å². The number of halogens is 1. The number of rotatable bonds is 4. The van der Waals surface area contributed by atoms with Crippen molar-refractivity contribution in [3.8, 4) is 0 Å². The maximum absolute atomic E-state index is 14.1. The molecule has 0 saturated heterocycles. The summed E-state index contributed by atoms with van der Waals surface area (Å²) in [6, 6.07) is 7.27. The normalized spacial score (nSPS) is 10.1. The van der Waals surface area contributed by atoms with Crippen molar-refractivity contribution in [2.75, 3.05) is 5.32 Å². The second-order valence-electron chi connectivity index (χ2n) is 5.46. The second kappa shape index (κ2) is 8.31. The van der Waals surface area contributed by atoms with Gasteiger partial charge in [-0.1, -0.05) is 19.9 Å². The van der Waals surface area contributed by atoms with Crippen LogP contribution in [0.2, 0.25) is 0 Å². The van der Waals surface area contributed by atoms with Crippen molar-refractivity contribution in [1.29, 1.82) is 0 Å². The molecule has 0 radical (unpaired) electrons. The van der Waals surface area contributed by atoms with Gasteiger partial charge in [0.15, 0.2) is 5.76 Å². The van der Waals surface area contributed by atoms with Gasteiger partial charge < -0.3 is 9.73 Å². The lowest BCUT2D eigenvalue weighted by Crippen LogP contribution is -2.37. The van der Waals surface area contributed by atoms with Gasteiger partial charge in [-0.3, -0.25) is 19.1 Å². The van der Waals surface area contributed by atoms with Gasteiger partial charge in [0.05, 0.1) is 12.0 Å². The summed E-state index contributed by atoms with van der Waals surface area (Å²) in [5.74, 6) is -1.58. The molecule has 3 aromatic rings.